The molecule has 4 rings (SSSR count). The molecular weight excluding hydrogens is 468 g/mol. The first-order chi connectivity index (χ1) is 15.2. The first-order valence-corrected chi connectivity index (χ1v) is 11.3. The lowest BCUT2D eigenvalue weighted by atomic mass is 9.53. The fraction of sp³-hybridized carbons (Fsp3) is 0.440. The number of hydrogen-bond acceptors (Lipinski definition) is 6. The molecule has 0 amide bonds. The van der Waals surface area contributed by atoms with E-state index in [1.165, 1.54) is 0 Å². The summed E-state index contributed by atoms with van der Waals surface area (Å²) in [6.07, 6.45) is 3.19. The van der Waals surface area contributed by atoms with Gasteiger partial charge in [-0.1, -0.05) is 53.2 Å². The Labute approximate surface area is 196 Å². The van der Waals surface area contributed by atoms with Crippen LogP contribution in [0.5, 0.6) is 0 Å². The summed E-state index contributed by atoms with van der Waals surface area (Å²) >= 11 is 3.42. The van der Waals surface area contributed by atoms with E-state index in [1.807, 2.05) is 37.3 Å². The molecular formula is C25H23BrN4O2. The van der Waals surface area contributed by atoms with Crippen LogP contribution in [-0.2, 0) is 15.3 Å². The van der Waals surface area contributed by atoms with Crippen LogP contribution in [0.2, 0.25) is 0 Å². The minimum Gasteiger partial charge on any atom is -0.443 e. The molecule has 2 aliphatic heterocycles. The third kappa shape index (κ3) is 2.67. The number of allylic oxidation sites excluding steroid dienone is 2. The summed E-state index contributed by atoms with van der Waals surface area (Å²) < 4.78 is 13.5. The van der Waals surface area contributed by atoms with E-state index in [4.69, 9.17) is 14.9 Å². The second-order valence-corrected chi connectivity index (χ2v) is 9.79. The predicted octanol–water partition coefficient (Wildman–Crippen LogP) is 5.49. The average molecular weight is 491 g/mol. The molecule has 2 saturated heterocycles. The Morgan fingerprint density at radius 1 is 1.19 bits per heavy atom. The van der Waals surface area contributed by atoms with Crippen molar-refractivity contribution in [2.75, 3.05) is 0 Å². The standard InChI is InChI=1S/C25H23BrN4O2/c1-15(2)17-4-6-18(7-5-17)21-23(12-27,13-28)24(14-29)16(3)25(31-21,32-22(24)30)19-8-10-20(26)11-9-19/h6,8-11,16-17,21,30H,1,4-5,7H2,2-3H3. The smallest absolute Gasteiger partial charge is 0.244 e. The minimum absolute atomic E-state index is 0.330. The molecule has 1 N–H and O–H groups in total. The van der Waals surface area contributed by atoms with E-state index in [9.17, 15) is 15.8 Å². The molecule has 0 aromatic heterocycles. The van der Waals surface area contributed by atoms with Crippen molar-refractivity contribution in [3.63, 3.8) is 0 Å². The molecule has 1 aromatic carbocycles. The number of rotatable bonds is 3. The first-order valence-electron chi connectivity index (χ1n) is 10.5. The van der Waals surface area contributed by atoms with E-state index in [1.54, 1.807) is 6.92 Å². The van der Waals surface area contributed by atoms with Gasteiger partial charge in [0.25, 0.3) is 0 Å². The normalized spacial score (nSPS) is 34.9. The number of fused-ring (bicyclic) bond motifs is 2. The van der Waals surface area contributed by atoms with E-state index in [2.05, 4.69) is 40.7 Å². The third-order valence-electron chi connectivity index (χ3n) is 7.40. The molecule has 7 heteroatoms. The second-order valence-electron chi connectivity index (χ2n) is 8.87. The van der Waals surface area contributed by atoms with Crippen molar-refractivity contribution in [2.24, 2.45) is 22.7 Å². The lowest BCUT2D eigenvalue weighted by Crippen LogP contribution is -2.61. The molecule has 0 saturated carbocycles. The zero-order chi connectivity index (χ0) is 23.3. The molecule has 1 aromatic rings. The number of hydrogen-bond donors (Lipinski definition) is 1. The summed E-state index contributed by atoms with van der Waals surface area (Å²) in [5.41, 5.74) is -1.14. The summed E-state index contributed by atoms with van der Waals surface area (Å²) in [6.45, 7) is 7.77. The Balaban J connectivity index is 1.93. The SMILES string of the molecule is C=C(C)C1CC=C(C2OC3(c4ccc(Br)cc4)OC(=N)C(C#N)(C3C)C2(C#N)C#N)CC1. The Morgan fingerprint density at radius 2 is 1.84 bits per heavy atom. The summed E-state index contributed by atoms with van der Waals surface area (Å²) in [6, 6.07) is 13.7. The predicted molar refractivity (Wildman–Crippen MR) is 121 cm³/mol. The Bertz CT molecular complexity index is 1140. The molecule has 0 radical (unpaired) electrons. The van der Waals surface area contributed by atoms with E-state index >= 15 is 0 Å². The maximum atomic E-state index is 10.4. The van der Waals surface area contributed by atoms with Gasteiger partial charge in [0.15, 0.2) is 5.41 Å². The molecule has 32 heavy (non-hydrogen) atoms. The molecule has 0 spiro atoms. The maximum Gasteiger partial charge on any atom is 0.244 e. The van der Waals surface area contributed by atoms with Crippen molar-refractivity contribution in [2.45, 2.75) is 45.0 Å². The van der Waals surface area contributed by atoms with Gasteiger partial charge in [-0.05, 0) is 49.8 Å². The Kier molecular flexibility index (Phi) is 5.29. The van der Waals surface area contributed by atoms with Gasteiger partial charge in [-0.2, -0.15) is 15.8 Å². The fourth-order valence-electron chi connectivity index (χ4n) is 5.43. The lowest BCUT2D eigenvalue weighted by Gasteiger charge is -2.49. The Morgan fingerprint density at radius 3 is 2.34 bits per heavy atom. The van der Waals surface area contributed by atoms with Crippen molar-refractivity contribution < 1.29 is 9.47 Å². The van der Waals surface area contributed by atoms with Crippen LogP contribution in [0.15, 0.2) is 52.5 Å². The number of halogens is 1. The van der Waals surface area contributed by atoms with E-state index < -0.39 is 34.5 Å². The molecule has 3 aliphatic rings. The largest absolute Gasteiger partial charge is 0.443 e. The van der Waals surface area contributed by atoms with Gasteiger partial charge in [0, 0.05) is 10.0 Å². The highest BCUT2D eigenvalue weighted by Crippen LogP contribution is 2.66. The zero-order valence-electron chi connectivity index (χ0n) is 18.0. The lowest BCUT2D eigenvalue weighted by molar-refractivity contribution is -0.276. The average Bonchev–Trinajstić information content (AvgIpc) is 2.96. The summed E-state index contributed by atoms with van der Waals surface area (Å²) in [5, 5.41) is 39.7. The van der Waals surface area contributed by atoms with Gasteiger partial charge in [-0.15, -0.1) is 0 Å². The van der Waals surface area contributed by atoms with Crippen molar-refractivity contribution >= 4 is 21.8 Å². The molecule has 2 fully saturated rings. The van der Waals surface area contributed by atoms with Gasteiger partial charge in [-0.25, -0.2) is 0 Å². The molecule has 162 valence electrons. The van der Waals surface area contributed by atoms with Crippen LogP contribution in [-0.4, -0.2) is 12.0 Å². The number of ether oxygens (including phenoxy) is 2. The number of nitrogens with zero attached hydrogens (tertiary/aromatic N) is 3. The van der Waals surface area contributed by atoms with Crippen molar-refractivity contribution in [1.82, 2.24) is 0 Å². The number of nitrogens with one attached hydrogen (secondary N) is 1. The fourth-order valence-corrected chi connectivity index (χ4v) is 5.69. The summed E-state index contributed by atoms with van der Waals surface area (Å²) in [7, 11) is 0. The van der Waals surface area contributed by atoms with Gasteiger partial charge in [0.1, 0.15) is 6.10 Å². The van der Waals surface area contributed by atoms with Crippen LogP contribution in [0.3, 0.4) is 0 Å². The minimum atomic E-state index is -1.91. The van der Waals surface area contributed by atoms with E-state index in [0.29, 0.717) is 17.9 Å². The molecule has 6 nitrogen and oxygen atoms in total. The molecule has 5 atom stereocenters. The van der Waals surface area contributed by atoms with Gasteiger partial charge < -0.3 is 9.47 Å². The van der Waals surface area contributed by atoms with Crippen LogP contribution in [0, 0.1) is 62.1 Å². The van der Waals surface area contributed by atoms with Crippen molar-refractivity contribution in [3.8, 4) is 18.2 Å². The van der Waals surface area contributed by atoms with E-state index in [0.717, 1.165) is 28.5 Å². The van der Waals surface area contributed by atoms with Crippen LogP contribution < -0.4 is 0 Å². The van der Waals surface area contributed by atoms with Gasteiger partial charge >= 0.3 is 0 Å². The van der Waals surface area contributed by atoms with Crippen molar-refractivity contribution in [1.29, 1.82) is 21.2 Å². The van der Waals surface area contributed by atoms with Crippen LogP contribution in [0.1, 0.15) is 38.7 Å². The highest BCUT2D eigenvalue weighted by atomic mass is 79.9. The van der Waals surface area contributed by atoms with Crippen LogP contribution >= 0.6 is 15.9 Å². The summed E-state index contributed by atoms with van der Waals surface area (Å²) in [4.78, 5) is 0. The Hall–Kier alpha value is -2.92. The third-order valence-corrected chi connectivity index (χ3v) is 7.92. The maximum absolute atomic E-state index is 10.4. The number of benzene rings is 1. The quantitative estimate of drug-likeness (QED) is 0.562. The molecule has 2 heterocycles. The molecule has 5 unspecified atom stereocenters. The van der Waals surface area contributed by atoms with Gasteiger partial charge in [-0.3, -0.25) is 5.41 Å². The second kappa shape index (κ2) is 7.59. The molecule has 1 aliphatic carbocycles. The topological polar surface area (TPSA) is 114 Å². The van der Waals surface area contributed by atoms with Crippen LogP contribution in [0.25, 0.3) is 0 Å². The number of nitriles is 3. The highest BCUT2D eigenvalue weighted by Gasteiger charge is 2.79. The van der Waals surface area contributed by atoms with Crippen molar-refractivity contribution in [3.05, 3.63) is 58.1 Å². The molecule has 2 bridgehead atoms. The first kappa shape index (κ1) is 22.3. The van der Waals surface area contributed by atoms with Crippen LogP contribution in [0.4, 0.5) is 0 Å². The summed E-state index contributed by atoms with van der Waals surface area (Å²) in [5.74, 6) is -2.26. The zero-order valence-corrected chi connectivity index (χ0v) is 19.6. The monoisotopic (exact) mass is 490 g/mol. The van der Waals surface area contributed by atoms with Gasteiger partial charge in [0.2, 0.25) is 17.1 Å². The van der Waals surface area contributed by atoms with Gasteiger partial charge in [0.05, 0.1) is 24.1 Å². The highest BCUT2D eigenvalue weighted by molar-refractivity contribution is 9.10. The van der Waals surface area contributed by atoms with E-state index in [-0.39, 0.29) is 0 Å².